The first kappa shape index (κ1) is 24.8. The van der Waals surface area contributed by atoms with Gasteiger partial charge in [0.05, 0.1) is 18.7 Å². The standard InChI is InChI=1S/C26H31N3O5S/c1-17(2)14-29-19(4)22(18(3)27-29)13-26(31)34-16-25(30)28(15-21-6-5-11-35-21)20-7-8-23-24(12-20)33-10-9-32-23/h5-8,11-12,17H,9-10,13-16H2,1-4H3. The second-order valence-electron chi connectivity index (χ2n) is 8.95. The molecule has 3 aromatic rings. The van der Waals surface area contributed by atoms with Crippen LogP contribution in [0, 0.1) is 19.8 Å². The molecule has 0 unspecified atom stereocenters. The van der Waals surface area contributed by atoms with Gasteiger partial charge in [-0.1, -0.05) is 19.9 Å². The van der Waals surface area contributed by atoms with Crippen molar-refractivity contribution in [2.24, 2.45) is 5.92 Å². The lowest BCUT2D eigenvalue weighted by atomic mass is 10.1. The van der Waals surface area contributed by atoms with Crippen molar-refractivity contribution in [3.8, 4) is 11.5 Å². The number of ether oxygens (including phenoxy) is 3. The number of amides is 1. The van der Waals surface area contributed by atoms with Gasteiger partial charge in [-0.3, -0.25) is 14.3 Å². The Morgan fingerprint density at radius 1 is 1.17 bits per heavy atom. The summed E-state index contributed by atoms with van der Waals surface area (Å²) in [6.45, 7) is 9.86. The van der Waals surface area contributed by atoms with E-state index in [2.05, 4.69) is 18.9 Å². The van der Waals surface area contributed by atoms with Gasteiger partial charge in [0.15, 0.2) is 18.1 Å². The number of hydrogen-bond acceptors (Lipinski definition) is 7. The SMILES string of the molecule is Cc1nn(CC(C)C)c(C)c1CC(=O)OCC(=O)N(Cc1cccs1)c1ccc2c(c1)OCCO2. The first-order valence-corrected chi connectivity index (χ1v) is 12.6. The highest BCUT2D eigenvalue weighted by Crippen LogP contribution is 2.34. The Morgan fingerprint density at radius 3 is 2.66 bits per heavy atom. The number of esters is 1. The maximum atomic E-state index is 13.2. The van der Waals surface area contributed by atoms with Crippen LogP contribution in [0.4, 0.5) is 5.69 Å². The lowest BCUT2D eigenvalue weighted by Crippen LogP contribution is -2.34. The first-order chi connectivity index (χ1) is 16.8. The summed E-state index contributed by atoms with van der Waals surface area (Å²) in [5.74, 6) is 0.928. The van der Waals surface area contributed by atoms with E-state index in [1.807, 2.05) is 42.1 Å². The third-order valence-electron chi connectivity index (χ3n) is 5.78. The fraction of sp³-hybridized carbons (Fsp3) is 0.423. The number of aromatic nitrogens is 2. The lowest BCUT2D eigenvalue weighted by Gasteiger charge is -2.25. The van der Waals surface area contributed by atoms with Crippen LogP contribution in [-0.4, -0.2) is 41.5 Å². The van der Waals surface area contributed by atoms with Gasteiger partial charge >= 0.3 is 5.97 Å². The van der Waals surface area contributed by atoms with Gasteiger partial charge in [0.2, 0.25) is 0 Å². The Labute approximate surface area is 209 Å². The third-order valence-corrected chi connectivity index (χ3v) is 6.64. The summed E-state index contributed by atoms with van der Waals surface area (Å²) in [7, 11) is 0. The fourth-order valence-electron chi connectivity index (χ4n) is 4.01. The van der Waals surface area contributed by atoms with E-state index >= 15 is 0 Å². The average molecular weight is 498 g/mol. The second kappa shape index (κ2) is 10.9. The average Bonchev–Trinajstić information content (AvgIpc) is 3.44. The van der Waals surface area contributed by atoms with Gasteiger partial charge in [-0.2, -0.15) is 5.10 Å². The Kier molecular flexibility index (Phi) is 7.75. The normalized spacial score (nSPS) is 12.6. The van der Waals surface area contributed by atoms with Gasteiger partial charge in [-0.05, 0) is 43.3 Å². The summed E-state index contributed by atoms with van der Waals surface area (Å²) in [4.78, 5) is 28.5. The summed E-state index contributed by atoms with van der Waals surface area (Å²) in [6.07, 6.45) is 0.0813. The molecule has 1 amide bonds. The second-order valence-corrected chi connectivity index (χ2v) is 9.98. The highest BCUT2D eigenvalue weighted by atomic mass is 32.1. The van der Waals surface area contributed by atoms with E-state index in [1.54, 1.807) is 28.4 Å². The van der Waals surface area contributed by atoms with Gasteiger partial charge in [-0.15, -0.1) is 11.3 Å². The van der Waals surface area contributed by atoms with Crippen LogP contribution in [0.15, 0.2) is 35.7 Å². The molecule has 8 nitrogen and oxygen atoms in total. The molecule has 0 saturated carbocycles. The molecule has 0 radical (unpaired) electrons. The minimum atomic E-state index is -0.452. The van der Waals surface area contributed by atoms with E-state index in [0.717, 1.165) is 28.4 Å². The van der Waals surface area contributed by atoms with E-state index in [-0.39, 0.29) is 18.9 Å². The molecule has 3 heterocycles. The van der Waals surface area contributed by atoms with Gasteiger partial charge in [0.25, 0.3) is 5.91 Å². The van der Waals surface area contributed by atoms with E-state index < -0.39 is 5.97 Å². The summed E-state index contributed by atoms with van der Waals surface area (Å²) < 4.78 is 18.6. The quantitative estimate of drug-likeness (QED) is 0.410. The molecule has 9 heteroatoms. The molecule has 0 bridgehead atoms. The minimum absolute atomic E-state index is 0.0813. The van der Waals surface area contributed by atoms with Crippen LogP contribution in [-0.2, 0) is 33.8 Å². The van der Waals surface area contributed by atoms with Gasteiger partial charge < -0.3 is 19.1 Å². The van der Waals surface area contributed by atoms with E-state index in [1.165, 1.54) is 0 Å². The van der Waals surface area contributed by atoms with Crippen molar-refractivity contribution in [2.45, 2.75) is 47.2 Å². The summed E-state index contributed by atoms with van der Waals surface area (Å²) in [5, 5.41) is 6.52. The Balaban J connectivity index is 1.45. The summed E-state index contributed by atoms with van der Waals surface area (Å²) in [6, 6.07) is 9.31. The molecular weight excluding hydrogens is 466 g/mol. The lowest BCUT2D eigenvalue weighted by molar-refractivity contribution is -0.147. The van der Waals surface area contributed by atoms with Crippen LogP contribution >= 0.6 is 11.3 Å². The van der Waals surface area contributed by atoms with Crippen molar-refractivity contribution in [1.29, 1.82) is 0 Å². The van der Waals surface area contributed by atoms with Crippen molar-refractivity contribution >= 4 is 28.9 Å². The summed E-state index contributed by atoms with van der Waals surface area (Å²) in [5.41, 5.74) is 3.27. The zero-order valence-corrected chi connectivity index (χ0v) is 21.4. The number of anilines is 1. The summed E-state index contributed by atoms with van der Waals surface area (Å²) >= 11 is 1.56. The Morgan fingerprint density at radius 2 is 1.94 bits per heavy atom. The molecule has 0 fully saturated rings. The number of hydrogen-bond donors (Lipinski definition) is 0. The predicted octanol–water partition coefficient (Wildman–Crippen LogP) is 4.31. The van der Waals surface area contributed by atoms with Crippen LogP contribution in [0.5, 0.6) is 11.5 Å². The molecule has 186 valence electrons. The van der Waals surface area contributed by atoms with Crippen molar-refractivity contribution in [2.75, 3.05) is 24.7 Å². The Bertz CT molecular complexity index is 1190. The number of carbonyl (C=O) groups excluding carboxylic acids is 2. The van der Waals surface area contributed by atoms with E-state index in [4.69, 9.17) is 14.2 Å². The zero-order valence-electron chi connectivity index (χ0n) is 20.6. The largest absolute Gasteiger partial charge is 0.486 e. The predicted molar refractivity (Wildman–Crippen MR) is 134 cm³/mol. The first-order valence-electron chi connectivity index (χ1n) is 11.7. The fourth-order valence-corrected chi connectivity index (χ4v) is 4.70. The molecule has 2 aromatic heterocycles. The highest BCUT2D eigenvalue weighted by Gasteiger charge is 2.23. The van der Waals surface area contributed by atoms with Crippen LogP contribution < -0.4 is 14.4 Å². The molecule has 1 aromatic carbocycles. The monoisotopic (exact) mass is 497 g/mol. The van der Waals surface area contributed by atoms with Crippen LogP contribution in [0.25, 0.3) is 0 Å². The maximum Gasteiger partial charge on any atom is 0.310 e. The van der Waals surface area contributed by atoms with Gasteiger partial charge in [0.1, 0.15) is 13.2 Å². The number of rotatable bonds is 9. The molecule has 0 saturated heterocycles. The molecule has 0 N–H and O–H groups in total. The molecule has 0 spiro atoms. The van der Waals surface area contributed by atoms with Crippen molar-refractivity contribution < 1.29 is 23.8 Å². The number of benzene rings is 1. The molecule has 1 aliphatic rings. The minimum Gasteiger partial charge on any atom is -0.486 e. The van der Waals surface area contributed by atoms with Crippen LogP contribution in [0.2, 0.25) is 0 Å². The van der Waals surface area contributed by atoms with Crippen LogP contribution in [0.1, 0.15) is 35.7 Å². The number of nitrogens with zero attached hydrogens (tertiary/aromatic N) is 3. The van der Waals surface area contributed by atoms with Crippen molar-refractivity contribution in [1.82, 2.24) is 9.78 Å². The number of fused-ring (bicyclic) bond motifs is 1. The molecule has 0 aliphatic carbocycles. The third kappa shape index (κ3) is 6.03. The Hall–Kier alpha value is -3.33. The maximum absolute atomic E-state index is 13.2. The van der Waals surface area contributed by atoms with Crippen molar-refractivity contribution in [3.05, 3.63) is 57.5 Å². The highest BCUT2D eigenvalue weighted by molar-refractivity contribution is 7.09. The number of aryl methyl sites for hydroxylation is 1. The zero-order chi connectivity index (χ0) is 24.9. The molecule has 4 rings (SSSR count). The molecular formula is C26H31N3O5S. The van der Waals surface area contributed by atoms with E-state index in [0.29, 0.717) is 42.9 Å². The van der Waals surface area contributed by atoms with Gasteiger partial charge in [0, 0.05) is 34.4 Å². The molecule has 0 atom stereocenters. The molecule has 1 aliphatic heterocycles. The number of carbonyl (C=O) groups is 2. The van der Waals surface area contributed by atoms with Crippen LogP contribution in [0.3, 0.4) is 0 Å². The topological polar surface area (TPSA) is 82.9 Å². The van der Waals surface area contributed by atoms with Crippen molar-refractivity contribution in [3.63, 3.8) is 0 Å². The van der Waals surface area contributed by atoms with Gasteiger partial charge in [-0.25, -0.2) is 0 Å². The number of thiophene rings is 1. The molecule has 35 heavy (non-hydrogen) atoms. The smallest absolute Gasteiger partial charge is 0.310 e. The van der Waals surface area contributed by atoms with E-state index in [9.17, 15) is 9.59 Å².